The standard InChI is InChI=1S/C22H27N3O2Si.ClH/c1-15-16(10-11-28(4,5)6)8-7-9-19(15)25-14-24-18-13-21(27-3)20(26-2)12-17(18)22(25)23;/h7-9,12-14,22H,23H2,1-6H3;1H. The third-order valence-corrected chi connectivity index (χ3v) is 5.50. The molecule has 154 valence electrons. The topological polar surface area (TPSA) is 60.1 Å². The predicted molar refractivity (Wildman–Crippen MR) is 126 cm³/mol. The summed E-state index contributed by atoms with van der Waals surface area (Å²) in [7, 11) is 1.77. The lowest BCUT2D eigenvalue weighted by Crippen LogP contribution is -2.36. The average molecular weight is 430 g/mol. The van der Waals surface area contributed by atoms with Gasteiger partial charge in [-0.15, -0.1) is 18.0 Å². The Morgan fingerprint density at radius 2 is 1.76 bits per heavy atom. The molecule has 2 N–H and O–H groups in total. The van der Waals surface area contributed by atoms with Crippen molar-refractivity contribution in [3.05, 3.63) is 47.0 Å². The molecule has 1 unspecified atom stereocenters. The number of ether oxygens (including phenoxy) is 2. The van der Waals surface area contributed by atoms with Gasteiger partial charge in [0.05, 0.1) is 26.2 Å². The van der Waals surface area contributed by atoms with E-state index >= 15 is 0 Å². The maximum atomic E-state index is 6.61. The lowest BCUT2D eigenvalue weighted by molar-refractivity contribution is 0.354. The highest BCUT2D eigenvalue weighted by Gasteiger charge is 2.26. The molecule has 0 aliphatic carbocycles. The number of fused-ring (bicyclic) bond motifs is 1. The van der Waals surface area contributed by atoms with Gasteiger partial charge in [0.25, 0.3) is 0 Å². The van der Waals surface area contributed by atoms with Crippen molar-refractivity contribution in [2.75, 3.05) is 19.1 Å². The maximum Gasteiger partial charge on any atom is 0.162 e. The van der Waals surface area contributed by atoms with Crippen LogP contribution in [0.15, 0.2) is 35.3 Å². The highest BCUT2D eigenvalue weighted by molar-refractivity contribution is 6.83. The maximum absolute atomic E-state index is 6.61. The van der Waals surface area contributed by atoms with E-state index in [0.717, 1.165) is 28.1 Å². The lowest BCUT2D eigenvalue weighted by atomic mass is 10.0. The van der Waals surface area contributed by atoms with Gasteiger partial charge in [0.15, 0.2) is 11.5 Å². The molecular formula is C22H28ClN3O2Si. The van der Waals surface area contributed by atoms with E-state index in [0.29, 0.717) is 11.5 Å². The summed E-state index contributed by atoms with van der Waals surface area (Å²) in [6.45, 7) is 8.80. The van der Waals surface area contributed by atoms with E-state index in [2.05, 4.69) is 49.1 Å². The van der Waals surface area contributed by atoms with E-state index in [4.69, 9.17) is 15.2 Å². The van der Waals surface area contributed by atoms with Crippen LogP contribution in [0.5, 0.6) is 11.5 Å². The van der Waals surface area contributed by atoms with E-state index in [1.807, 2.05) is 29.2 Å². The SMILES string of the molecule is COc1cc2c(cc1OC)C(N)N(c1cccc(C#C[Si](C)(C)C)c1C)C=N2.Cl. The largest absolute Gasteiger partial charge is 0.493 e. The second-order valence-corrected chi connectivity index (χ2v) is 12.6. The van der Waals surface area contributed by atoms with Crippen LogP contribution in [0.1, 0.15) is 22.9 Å². The fourth-order valence-electron chi connectivity index (χ4n) is 3.08. The van der Waals surface area contributed by atoms with Crippen LogP contribution < -0.4 is 20.1 Å². The Balaban J connectivity index is 0.00000300. The van der Waals surface area contributed by atoms with Crippen LogP contribution in [0, 0.1) is 18.4 Å². The van der Waals surface area contributed by atoms with Crippen molar-refractivity contribution in [1.82, 2.24) is 0 Å². The molecule has 29 heavy (non-hydrogen) atoms. The Kier molecular flexibility index (Phi) is 7.01. The van der Waals surface area contributed by atoms with Crippen molar-refractivity contribution < 1.29 is 9.47 Å². The van der Waals surface area contributed by atoms with E-state index in [1.54, 1.807) is 20.6 Å². The van der Waals surface area contributed by atoms with Crippen LogP contribution in [-0.2, 0) is 0 Å². The normalized spacial score (nSPS) is 15.0. The Morgan fingerprint density at radius 1 is 1.10 bits per heavy atom. The lowest BCUT2D eigenvalue weighted by Gasteiger charge is -2.32. The highest BCUT2D eigenvalue weighted by Crippen LogP contribution is 2.41. The zero-order valence-electron chi connectivity index (χ0n) is 17.7. The minimum atomic E-state index is -1.45. The molecule has 7 heteroatoms. The number of halogens is 1. The summed E-state index contributed by atoms with van der Waals surface area (Å²) < 4.78 is 10.8. The van der Waals surface area contributed by atoms with Crippen molar-refractivity contribution in [2.45, 2.75) is 32.7 Å². The molecule has 0 radical (unpaired) electrons. The van der Waals surface area contributed by atoms with Gasteiger partial charge in [-0.1, -0.05) is 31.6 Å². The van der Waals surface area contributed by atoms with Crippen molar-refractivity contribution >= 4 is 38.2 Å². The smallest absolute Gasteiger partial charge is 0.162 e. The molecule has 1 aliphatic heterocycles. The number of anilines is 1. The van der Waals surface area contributed by atoms with Crippen LogP contribution in [0.4, 0.5) is 11.4 Å². The van der Waals surface area contributed by atoms with Gasteiger partial charge in [-0.05, 0) is 30.7 Å². The van der Waals surface area contributed by atoms with E-state index in [1.165, 1.54) is 0 Å². The average Bonchev–Trinajstić information content (AvgIpc) is 2.66. The number of nitrogens with zero attached hydrogens (tertiary/aromatic N) is 2. The molecule has 0 spiro atoms. The Labute approximate surface area is 180 Å². The highest BCUT2D eigenvalue weighted by atomic mass is 35.5. The Morgan fingerprint density at radius 3 is 2.38 bits per heavy atom. The minimum Gasteiger partial charge on any atom is -0.493 e. The first-order chi connectivity index (χ1) is 13.2. The molecule has 1 heterocycles. The third-order valence-electron chi connectivity index (χ3n) is 4.63. The van der Waals surface area contributed by atoms with E-state index in [-0.39, 0.29) is 18.6 Å². The van der Waals surface area contributed by atoms with Gasteiger partial charge >= 0.3 is 0 Å². The number of nitrogens with two attached hydrogens (primary N) is 1. The molecule has 0 aromatic heterocycles. The summed E-state index contributed by atoms with van der Waals surface area (Å²) in [5, 5.41) is 0. The number of hydrogen-bond acceptors (Lipinski definition) is 5. The van der Waals surface area contributed by atoms with Crippen molar-refractivity contribution in [1.29, 1.82) is 0 Å². The van der Waals surface area contributed by atoms with Gasteiger partial charge in [-0.25, -0.2) is 4.99 Å². The third kappa shape index (κ3) is 4.76. The molecule has 0 fully saturated rings. The summed E-state index contributed by atoms with van der Waals surface area (Å²) >= 11 is 0. The predicted octanol–water partition coefficient (Wildman–Crippen LogP) is 4.80. The Hall–Kier alpha value is -2.46. The minimum absolute atomic E-state index is 0. The molecule has 1 aliphatic rings. The van der Waals surface area contributed by atoms with Crippen molar-refractivity contribution in [3.8, 4) is 23.0 Å². The number of methoxy groups -OCH3 is 2. The first-order valence-electron chi connectivity index (χ1n) is 9.22. The van der Waals surface area contributed by atoms with Crippen LogP contribution in [0.3, 0.4) is 0 Å². The van der Waals surface area contributed by atoms with E-state index in [9.17, 15) is 0 Å². The summed E-state index contributed by atoms with van der Waals surface area (Å²) in [6.07, 6.45) is 1.39. The van der Waals surface area contributed by atoms with Gasteiger partial charge in [-0.2, -0.15) is 0 Å². The van der Waals surface area contributed by atoms with Crippen LogP contribution in [-0.4, -0.2) is 28.6 Å². The Bertz CT molecular complexity index is 990. The molecule has 3 rings (SSSR count). The number of rotatable bonds is 3. The number of benzene rings is 2. The fraction of sp³-hybridized carbons (Fsp3) is 0.318. The molecule has 5 nitrogen and oxygen atoms in total. The summed E-state index contributed by atoms with van der Waals surface area (Å²) in [4.78, 5) is 6.57. The van der Waals surface area contributed by atoms with Crippen molar-refractivity contribution in [3.63, 3.8) is 0 Å². The van der Waals surface area contributed by atoms with Gasteiger partial charge in [0.2, 0.25) is 0 Å². The fourth-order valence-corrected chi connectivity index (χ4v) is 3.59. The molecule has 0 saturated carbocycles. The summed E-state index contributed by atoms with van der Waals surface area (Å²) in [5.41, 5.74) is 14.8. The summed E-state index contributed by atoms with van der Waals surface area (Å²) in [6, 6.07) is 9.87. The van der Waals surface area contributed by atoms with Gasteiger partial charge < -0.3 is 20.1 Å². The zero-order chi connectivity index (χ0) is 20.5. The molecule has 2 aromatic carbocycles. The first kappa shape index (κ1) is 22.8. The van der Waals surface area contributed by atoms with Crippen LogP contribution in [0.25, 0.3) is 0 Å². The van der Waals surface area contributed by atoms with Gasteiger partial charge in [0, 0.05) is 22.9 Å². The molecule has 1 atom stereocenters. The number of hydrogen-bond donors (Lipinski definition) is 1. The van der Waals surface area contributed by atoms with E-state index < -0.39 is 8.07 Å². The van der Waals surface area contributed by atoms with Gasteiger partial charge in [-0.3, -0.25) is 0 Å². The second kappa shape index (κ2) is 8.91. The number of aliphatic imine (C=N–C) groups is 1. The quantitative estimate of drug-likeness (QED) is 0.562. The van der Waals surface area contributed by atoms with Gasteiger partial charge in [0.1, 0.15) is 14.2 Å². The molecular weight excluding hydrogens is 402 g/mol. The first-order valence-corrected chi connectivity index (χ1v) is 12.7. The van der Waals surface area contributed by atoms with Crippen molar-refractivity contribution in [2.24, 2.45) is 10.7 Å². The second-order valence-electron chi connectivity index (χ2n) is 7.81. The summed E-state index contributed by atoms with van der Waals surface area (Å²) in [5.74, 6) is 4.64. The molecule has 2 aromatic rings. The molecule has 0 saturated heterocycles. The zero-order valence-corrected chi connectivity index (χ0v) is 19.6. The molecule has 0 amide bonds. The van der Waals surface area contributed by atoms with Crippen LogP contribution >= 0.6 is 12.4 Å². The molecule has 0 bridgehead atoms. The monoisotopic (exact) mass is 429 g/mol. The van der Waals surface area contributed by atoms with Crippen LogP contribution in [0.2, 0.25) is 19.6 Å².